The zero-order chi connectivity index (χ0) is 19.6. The summed E-state index contributed by atoms with van der Waals surface area (Å²) in [7, 11) is 4.58. The smallest absolute Gasteiger partial charge is 0.353 e. The molecule has 138 valence electrons. The first-order valence-corrected chi connectivity index (χ1v) is 8.08. The van der Waals surface area contributed by atoms with Crippen LogP contribution in [0.5, 0.6) is 17.2 Å². The van der Waals surface area contributed by atoms with Crippen molar-refractivity contribution < 1.29 is 24.1 Å². The highest BCUT2D eigenvalue weighted by atomic mass is 16.5. The molecule has 7 nitrogen and oxygen atoms in total. The van der Waals surface area contributed by atoms with Crippen molar-refractivity contribution in [3.63, 3.8) is 0 Å². The molecular formula is C20H18N2O5. The topological polar surface area (TPSA) is 93.7 Å². The van der Waals surface area contributed by atoms with Crippen molar-refractivity contribution in [2.75, 3.05) is 21.3 Å². The fraction of sp³-hybridized carbons (Fsp3) is 0.200. The number of rotatable bonds is 6. The van der Waals surface area contributed by atoms with Gasteiger partial charge in [0.2, 0.25) is 0 Å². The number of fused-ring (bicyclic) bond motifs is 1. The third-order valence-electron chi connectivity index (χ3n) is 4.38. The number of nitrogens with zero attached hydrogens (tertiary/aromatic N) is 2. The number of methoxy groups -OCH3 is 3. The molecule has 0 aliphatic carbocycles. The third kappa shape index (κ3) is 3.02. The number of ether oxygens (including phenoxy) is 3. The van der Waals surface area contributed by atoms with Gasteiger partial charge in [-0.05, 0) is 23.8 Å². The van der Waals surface area contributed by atoms with E-state index in [9.17, 15) is 15.2 Å². The Labute approximate surface area is 155 Å². The standard InChI is InChI=1S/C20H18N2O5/c1-25-13-6-4-12(5-7-13)18-14-10-16(26-2)17(27-3)11-15(14)22(9-8-21)19(18)20(23)24/h4-7,10-11H,9H2,1-3H3,(H,23,24). The van der Waals surface area contributed by atoms with Crippen LogP contribution < -0.4 is 14.2 Å². The molecule has 0 atom stereocenters. The Morgan fingerprint density at radius 2 is 1.70 bits per heavy atom. The largest absolute Gasteiger partial charge is 0.497 e. The van der Waals surface area contributed by atoms with Crippen LogP contribution in [0.2, 0.25) is 0 Å². The highest BCUT2D eigenvalue weighted by molar-refractivity contribution is 6.09. The Hall–Kier alpha value is -3.66. The first-order chi connectivity index (χ1) is 13.0. The van der Waals surface area contributed by atoms with Crippen molar-refractivity contribution in [1.82, 2.24) is 4.57 Å². The van der Waals surface area contributed by atoms with E-state index in [1.807, 2.05) is 6.07 Å². The SMILES string of the molecule is COc1ccc(-c2c(C(=O)O)n(CC#N)c3cc(OC)c(OC)cc23)cc1. The average molecular weight is 366 g/mol. The molecule has 0 radical (unpaired) electrons. The summed E-state index contributed by atoms with van der Waals surface area (Å²) in [5.74, 6) is 0.478. The van der Waals surface area contributed by atoms with E-state index < -0.39 is 5.97 Å². The molecule has 1 N–H and O–H groups in total. The van der Waals surface area contributed by atoms with Gasteiger partial charge in [0, 0.05) is 17.0 Å². The summed E-state index contributed by atoms with van der Waals surface area (Å²) >= 11 is 0. The molecule has 27 heavy (non-hydrogen) atoms. The van der Waals surface area contributed by atoms with Gasteiger partial charge >= 0.3 is 5.97 Å². The minimum Gasteiger partial charge on any atom is -0.497 e. The molecule has 0 aliphatic heterocycles. The van der Waals surface area contributed by atoms with E-state index in [1.165, 1.54) is 18.8 Å². The zero-order valence-corrected chi connectivity index (χ0v) is 15.1. The van der Waals surface area contributed by atoms with Gasteiger partial charge in [-0.1, -0.05) is 12.1 Å². The number of nitriles is 1. The van der Waals surface area contributed by atoms with Crippen LogP contribution in [-0.2, 0) is 6.54 Å². The molecule has 0 spiro atoms. The van der Waals surface area contributed by atoms with E-state index in [4.69, 9.17) is 14.2 Å². The molecule has 0 saturated heterocycles. The van der Waals surface area contributed by atoms with Gasteiger partial charge in [-0.25, -0.2) is 4.79 Å². The number of hydrogen-bond acceptors (Lipinski definition) is 5. The Morgan fingerprint density at radius 1 is 1.07 bits per heavy atom. The zero-order valence-electron chi connectivity index (χ0n) is 15.1. The van der Waals surface area contributed by atoms with E-state index >= 15 is 0 Å². The van der Waals surface area contributed by atoms with Gasteiger partial charge in [0.05, 0.1) is 32.9 Å². The fourth-order valence-electron chi connectivity index (χ4n) is 3.18. The van der Waals surface area contributed by atoms with Crippen molar-refractivity contribution in [2.45, 2.75) is 6.54 Å². The van der Waals surface area contributed by atoms with E-state index in [1.54, 1.807) is 43.5 Å². The maximum absolute atomic E-state index is 12.1. The molecule has 2 aromatic carbocycles. The van der Waals surface area contributed by atoms with Gasteiger partial charge in [0.25, 0.3) is 0 Å². The van der Waals surface area contributed by atoms with Crippen molar-refractivity contribution in [2.24, 2.45) is 0 Å². The second-order valence-corrected chi connectivity index (χ2v) is 5.73. The van der Waals surface area contributed by atoms with Crippen LogP contribution in [0.1, 0.15) is 10.5 Å². The molecule has 0 bridgehead atoms. The minimum absolute atomic E-state index is 0.0343. The lowest BCUT2D eigenvalue weighted by Gasteiger charge is -2.09. The van der Waals surface area contributed by atoms with Crippen LogP contribution in [0.25, 0.3) is 22.0 Å². The van der Waals surface area contributed by atoms with Crippen LogP contribution in [0.4, 0.5) is 0 Å². The Balaban J connectivity index is 2.43. The Bertz CT molecular complexity index is 1050. The normalized spacial score (nSPS) is 10.4. The molecule has 3 rings (SSSR count). The van der Waals surface area contributed by atoms with E-state index in [0.717, 1.165) is 0 Å². The lowest BCUT2D eigenvalue weighted by molar-refractivity contribution is 0.0687. The van der Waals surface area contributed by atoms with Crippen molar-refractivity contribution in [3.8, 4) is 34.4 Å². The summed E-state index contributed by atoms with van der Waals surface area (Å²) < 4.78 is 17.4. The molecule has 0 amide bonds. The minimum atomic E-state index is -1.12. The number of carboxylic acids is 1. The number of carboxylic acid groups (broad SMARTS) is 1. The Kier molecular flexibility index (Phi) is 4.90. The molecule has 1 heterocycles. The molecule has 0 unspecified atom stereocenters. The maximum Gasteiger partial charge on any atom is 0.353 e. The summed E-state index contributed by atoms with van der Waals surface area (Å²) in [6, 6.07) is 12.5. The van der Waals surface area contributed by atoms with Gasteiger partial charge in [0.15, 0.2) is 11.5 Å². The lowest BCUT2D eigenvalue weighted by Crippen LogP contribution is -2.09. The predicted molar refractivity (Wildman–Crippen MR) is 99.6 cm³/mol. The lowest BCUT2D eigenvalue weighted by atomic mass is 10.0. The molecule has 1 aromatic heterocycles. The number of aromatic nitrogens is 1. The highest BCUT2D eigenvalue weighted by Crippen LogP contribution is 2.41. The van der Waals surface area contributed by atoms with Gasteiger partial charge < -0.3 is 23.9 Å². The first kappa shape index (κ1) is 18.1. The van der Waals surface area contributed by atoms with E-state index in [2.05, 4.69) is 0 Å². The number of hydrogen-bond donors (Lipinski definition) is 1. The molecule has 0 saturated carbocycles. The molecule has 0 fully saturated rings. The van der Waals surface area contributed by atoms with Crippen LogP contribution in [0, 0.1) is 11.3 Å². The summed E-state index contributed by atoms with van der Waals surface area (Å²) in [6.07, 6.45) is 0. The van der Waals surface area contributed by atoms with E-state index in [0.29, 0.717) is 39.3 Å². The highest BCUT2D eigenvalue weighted by Gasteiger charge is 2.25. The van der Waals surface area contributed by atoms with Gasteiger partial charge in [-0.2, -0.15) is 5.26 Å². The maximum atomic E-state index is 12.1. The van der Waals surface area contributed by atoms with Crippen molar-refractivity contribution >= 4 is 16.9 Å². The van der Waals surface area contributed by atoms with Crippen LogP contribution >= 0.6 is 0 Å². The molecular weight excluding hydrogens is 348 g/mol. The fourth-order valence-corrected chi connectivity index (χ4v) is 3.18. The van der Waals surface area contributed by atoms with Crippen molar-refractivity contribution in [1.29, 1.82) is 5.26 Å². The third-order valence-corrected chi connectivity index (χ3v) is 4.38. The van der Waals surface area contributed by atoms with Gasteiger partial charge in [-0.15, -0.1) is 0 Å². The summed E-state index contributed by atoms with van der Waals surface area (Å²) in [5.41, 5.74) is 1.82. The second-order valence-electron chi connectivity index (χ2n) is 5.73. The van der Waals surface area contributed by atoms with Crippen molar-refractivity contribution in [3.05, 3.63) is 42.1 Å². The summed E-state index contributed by atoms with van der Waals surface area (Å²) in [5, 5.41) is 19.8. The second kappa shape index (κ2) is 7.30. The Morgan fingerprint density at radius 3 is 2.22 bits per heavy atom. The van der Waals surface area contributed by atoms with Gasteiger partial charge in [-0.3, -0.25) is 0 Å². The summed E-state index contributed by atoms with van der Waals surface area (Å²) in [4.78, 5) is 12.1. The molecule has 7 heteroatoms. The summed E-state index contributed by atoms with van der Waals surface area (Å²) in [6.45, 7) is -0.107. The quantitative estimate of drug-likeness (QED) is 0.717. The first-order valence-electron chi connectivity index (χ1n) is 8.08. The monoisotopic (exact) mass is 366 g/mol. The van der Waals surface area contributed by atoms with Crippen LogP contribution in [0.15, 0.2) is 36.4 Å². The number of carbonyl (C=O) groups is 1. The average Bonchev–Trinajstić information content (AvgIpc) is 3.00. The van der Waals surface area contributed by atoms with Crippen LogP contribution in [0.3, 0.4) is 0 Å². The van der Waals surface area contributed by atoms with Gasteiger partial charge in [0.1, 0.15) is 18.0 Å². The van der Waals surface area contributed by atoms with E-state index in [-0.39, 0.29) is 12.2 Å². The van der Waals surface area contributed by atoms with Crippen LogP contribution in [-0.4, -0.2) is 37.0 Å². The predicted octanol–water partition coefficient (Wildman–Crippen LogP) is 3.56. The number of benzene rings is 2. The number of aromatic carboxylic acids is 1. The molecule has 0 aliphatic rings. The molecule has 3 aromatic rings.